The monoisotopic (exact) mass is 385 g/mol. The highest BCUT2D eigenvalue weighted by Crippen LogP contribution is 2.24. The lowest BCUT2D eigenvalue weighted by Crippen LogP contribution is -2.51. The van der Waals surface area contributed by atoms with Crippen LogP contribution in [0.25, 0.3) is 22.3 Å². The van der Waals surface area contributed by atoms with E-state index in [1.807, 2.05) is 36.4 Å². The second-order valence-corrected chi connectivity index (χ2v) is 7.10. The molecule has 0 aromatic carbocycles. The molecule has 0 radical (unpaired) electrons. The van der Waals surface area contributed by atoms with Gasteiger partial charge >= 0.3 is 0 Å². The summed E-state index contributed by atoms with van der Waals surface area (Å²) in [4.78, 5) is 25.9. The molecule has 0 spiro atoms. The molecule has 4 aromatic rings. The third-order valence-electron chi connectivity index (χ3n) is 5.15. The quantitative estimate of drug-likeness (QED) is 0.547. The number of carbonyl (C=O) groups excluding carboxylic acids is 1. The Bertz CT molecular complexity index is 1130. The molecule has 0 saturated carbocycles. The van der Waals surface area contributed by atoms with Crippen molar-refractivity contribution in [3.63, 3.8) is 0 Å². The second-order valence-electron chi connectivity index (χ2n) is 7.10. The zero-order valence-corrected chi connectivity index (χ0v) is 15.6. The number of H-pyrrole nitrogens is 1. The molecule has 1 amide bonds. The van der Waals surface area contributed by atoms with Crippen LogP contribution >= 0.6 is 0 Å². The summed E-state index contributed by atoms with van der Waals surface area (Å²) >= 11 is 0. The minimum Gasteiger partial charge on any atom is -0.354 e. The third kappa shape index (κ3) is 3.40. The van der Waals surface area contributed by atoms with Crippen LogP contribution in [-0.4, -0.2) is 50.7 Å². The number of pyridine rings is 2. The highest BCUT2D eigenvalue weighted by Gasteiger charge is 2.28. The molecule has 0 atom stereocenters. The van der Waals surface area contributed by atoms with Crippen molar-refractivity contribution in [3.05, 3.63) is 66.7 Å². The van der Waals surface area contributed by atoms with Crippen molar-refractivity contribution in [3.8, 4) is 11.3 Å². The molecule has 0 bridgehead atoms. The lowest BCUT2D eigenvalue weighted by molar-refractivity contribution is 0.0946. The molecule has 8 nitrogen and oxygen atoms in total. The predicted molar refractivity (Wildman–Crippen MR) is 109 cm³/mol. The average Bonchev–Trinajstić information content (AvgIpc) is 3.18. The molecule has 2 N–H and O–H groups in total. The third-order valence-corrected chi connectivity index (χ3v) is 5.15. The molecule has 4 aromatic heterocycles. The summed E-state index contributed by atoms with van der Waals surface area (Å²) in [5.74, 6) is 1.17. The van der Waals surface area contributed by atoms with Gasteiger partial charge in [0.15, 0.2) is 5.82 Å². The van der Waals surface area contributed by atoms with Crippen LogP contribution in [0.1, 0.15) is 10.4 Å². The van der Waals surface area contributed by atoms with Crippen molar-refractivity contribution < 1.29 is 4.79 Å². The minimum absolute atomic E-state index is 0.0794. The van der Waals surface area contributed by atoms with Gasteiger partial charge in [0.05, 0.1) is 11.3 Å². The Balaban J connectivity index is 1.15. The summed E-state index contributed by atoms with van der Waals surface area (Å²) < 4.78 is 0. The van der Waals surface area contributed by atoms with Crippen LogP contribution in [-0.2, 0) is 0 Å². The fraction of sp³-hybridized carbons (Fsp3) is 0.190. The van der Waals surface area contributed by atoms with E-state index in [-0.39, 0.29) is 5.91 Å². The largest absolute Gasteiger partial charge is 0.354 e. The lowest BCUT2D eigenvalue weighted by Gasteiger charge is -2.39. The number of hydrogen-bond donors (Lipinski definition) is 2. The van der Waals surface area contributed by atoms with Gasteiger partial charge in [-0.3, -0.25) is 9.78 Å². The van der Waals surface area contributed by atoms with Gasteiger partial charge in [-0.05, 0) is 36.4 Å². The fourth-order valence-electron chi connectivity index (χ4n) is 3.53. The van der Waals surface area contributed by atoms with Crippen LogP contribution in [0.4, 0.5) is 5.82 Å². The van der Waals surface area contributed by atoms with Gasteiger partial charge in [-0.1, -0.05) is 0 Å². The van der Waals surface area contributed by atoms with Crippen molar-refractivity contribution in [2.75, 3.05) is 24.5 Å². The smallest absolute Gasteiger partial charge is 0.253 e. The Morgan fingerprint density at radius 3 is 2.76 bits per heavy atom. The summed E-state index contributed by atoms with van der Waals surface area (Å²) in [7, 11) is 0. The summed E-state index contributed by atoms with van der Waals surface area (Å²) in [6.07, 6.45) is 6.90. The summed E-state index contributed by atoms with van der Waals surface area (Å²) in [5.41, 5.74) is 3.17. The van der Waals surface area contributed by atoms with Gasteiger partial charge in [0.2, 0.25) is 0 Å². The van der Waals surface area contributed by atoms with Crippen molar-refractivity contribution in [2.45, 2.75) is 0 Å². The standard InChI is InChI=1S/C21H19N7O/c29-21(17-11-24-20-16(17)2-1-7-23-20)25-10-14-12-28(13-14)19-4-3-18(26-27-19)15-5-8-22-9-6-15/h1-9,11,14H,10,12-13H2,(H,23,24)(H,25,29). The van der Waals surface area contributed by atoms with Crippen molar-refractivity contribution in [1.29, 1.82) is 0 Å². The van der Waals surface area contributed by atoms with Gasteiger partial charge in [0.25, 0.3) is 5.91 Å². The van der Waals surface area contributed by atoms with E-state index in [9.17, 15) is 4.79 Å². The molecule has 144 valence electrons. The molecule has 8 heteroatoms. The van der Waals surface area contributed by atoms with E-state index < -0.39 is 0 Å². The van der Waals surface area contributed by atoms with E-state index in [1.54, 1.807) is 24.8 Å². The van der Waals surface area contributed by atoms with Crippen molar-refractivity contribution >= 4 is 22.8 Å². The molecular formula is C21H19N7O. The molecule has 1 aliphatic heterocycles. The second kappa shape index (κ2) is 7.31. The van der Waals surface area contributed by atoms with Gasteiger partial charge in [-0.25, -0.2) is 4.98 Å². The van der Waals surface area contributed by atoms with Gasteiger partial charge in [0, 0.05) is 61.3 Å². The van der Waals surface area contributed by atoms with E-state index in [4.69, 9.17) is 0 Å². The van der Waals surface area contributed by atoms with Crippen molar-refractivity contribution in [1.82, 2.24) is 30.5 Å². The maximum Gasteiger partial charge on any atom is 0.253 e. The molecule has 0 aliphatic carbocycles. The number of nitrogens with zero attached hydrogens (tertiary/aromatic N) is 5. The maximum absolute atomic E-state index is 12.5. The zero-order valence-electron chi connectivity index (χ0n) is 15.6. The number of fused-ring (bicyclic) bond motifs is 1. The molecule has 1 fully saturated rings. The Labute approximate surface area is 167 Å². The topological polar surface area (TPSA) is 99.7 Å². The molecule has 5 rings (SSSR count). The van der Waals surface area contributed by atoms with Gasteiger partial charge in [-0.2, -0.15) is 0 Å². The molecule has 29 heavy (non-hydrogen) atoms. The SMILES string of the molecule is O=C(NCC1CN(c2ccc(-c3ccncc3)nn2)C1)c1c[nH]c2ncccc12. The summed E-state index contributed by atoms with van der Waals surface area (Å²) in [6.45, 7) is 2.32. The number of aromatic amines is 1. The number of amides is 1. The normalized spacial score (nSPS) is 14.0. The zero-order chi connectivity index (χ0) is 19.6. The van der Waals surface area contributed by atoms with Crippen molar-refractivity contribution in [2.24, 2.45) is 5.92 Å². The summed E-state index contributed by atoms with van der Waals surface area (Å²) in [6, 6.07) is 11.5. The number of anilines is 1. The van der Waals surface area contributed by atoms with E-state index in [0.29, 0.717) is 18.0 Å². The van der Waals surface area contributed by atoms with Gasteiger partial charge in [-0.15, -0.1) is 10.2 Å². The average molecular weight is 385 g/mol. The molecule has 5 heterocycles. The fourth-order valence-corrected chi connectivity index (χ4v) is 3.53. The van der Waals surface area contributed by atoms with Crippen LogP contribution in [0.3, 0.4) is 0 Å². The highest BCUT2D eigenvalue weighted by atomic mass is 16.1. The maximum atomic E-state index is 12.5. The van der Waals surface area contributed by atoms with Crippen LogP contribution in [0.2, 0.25) is 0 Å². The highest BCUT2D eigenvalue weighted by molar-refractivity contribution is 6.05. The first-order valence-corrected chi connectivity index (χ1v) is 9.47. The molecule has 1 saturated heterocycles. The first-order valence-electron chi connectivity index (χ1n) is 9.47. The van der Waals surface area contributed by atoms with E-state index in [2.05, 4.69) is 35.4 Å². The predicted octanol–water partition coefficient (Wildman–Crippen LogP) is 2.28. The molecule has 0 unspecified atom stereocenters. The molecular weight excluding hydrogens is 366 g/mol. The Kier molecular flexibility index (Phi) is 4.36. The number of aromatic nitrogens is 5. The Morgan fingerprint density at radius 2 is 1.97 bits per heavy atom. The Hall–Kier alpha value is -3.81. The van der Waals surface area contributed by atoms with E-state index >= 15 is 0 Å². The number of carbonyl (C=O) groups is 1. The van der Waals surface area contributed by atoms with Crippen LogP contribution < -0.4 is 10.2 Å². The summed E-state index contributed by atoms with van der Waals surface area (Å²) in [5, 5.41) is 12.5. The van der Waals surface area contributed by atoms with E-state index in [0.717, 1.165) is 41.2 Å². The minimum atomic E-state index is -0.0794. The van der Waals surface area contributed by atoms with Gasteiger partial charge in [0.1, 0.15) is 5.65 Å². The Morgan fingerprint density at radius 1 is 1.10 bits per heavy atom. The lowest BCUT2D eigenvalue weighted by atomic mass is 10.00. The first-order chi connectivity index (χ1) is 14.3. The van der Waals surface area contributed by atoms with Crippen LogP contribution in [0.5, 0.6) is 0 Å². The first kappa shape index (κ1) is 17.3. The van der Waals surface area contributed by atoms with E-state index in [1.165, 1.54) is 0 Å². The van der Waals surface area contributed by atoms with Crippen LogP contribution in [0.15, 0.2) is 61.2 Å². The van der Waals surface area contributed by atoms with Gasteiger partial charge < -0.3 is 15.2 Å². The number of hydrogen-bond acceptors (Lipinski definition) is 6. The number of nitrogens with one attached hydrogen (secondary N) is 2. The number of rotatable bonds is 5. The van der Waals surface area contributed by atoms with Crippen LogP contribution in [0, 0.1) is 5.92 Å². The molecule has 1 aliphatic rings.